The number of isocyanates is 1. The van der Waals surface area contributed by atoms with E-state index in [1.165, 1.54) is 6.08 Å². The van der Waals surface area contributed by atoms with Gasteiger partial charge in [0.2, 0.25) is 6.08 Å². The van der Waals surface area contributed by atoms with Gasteiger partial charge in [-0.3, -0.25) is 0 Å². The number of nitrogen functional groups attached to an aromatic ring is 1. The number of rotatable bonds is 1. The van der Waals surface area contributed by atoms with Gasteiger partial charge in [-0.15, -0.1) is 0 Å². The van der Waals surface area contributed by atoms with Crippen molar-refractivity contribution in [3.63, 3.8) is 0 Å². The number of carbonyl (C=O) groups excluding carboxylic acids is 1. The van der Waals surface area contributed by atoms with E-state index >= 15 is 0 Å². The Balaban J connectivity index is 3.14. The SMILES string of the molecule is Cc1cc(N=C=O)ccc1N. The van der Waals surface area contributed by atoms with Crippen molar-refractivity contribution in [1.82, 2.24) is 0 Å². The number of nitrogens with two attached hydrogens (primary N) is 1. The molecule has 1 aromatic rings. The number of anilines is 1. The lowest BCUT2D eigenvalue weighted by atomic mass is 10.2. The van der Waals surface area contributed by atoms with E-state index in [0.29, 0.717) is 11.4 Å². The molecule has 2 N–H and O–H groups in total. The van der Waals surface area contributed by atoms with Crippen LogP contribution in [0.2, 0.25) is 0 Å². The average Bonchev–Trinajstić information content (AvgIpc) is 1.98. The lowest BCUT2D eigenvalue weighted by Gasteiger charge is -1.97. The summed E-state index contributed by atoms with van der Waals surface area (Å²) in [7, 11) is 0. The molecule has 3 nitrogen and oxygen atoms in total. The van der Waals surface area contributed by atoms with Gasteiger partial charge in [0.25, 0.3) is 0 Å². The van der Waals surface area contributed by atoms with Gasteiger partial charge in [-0.05, 0) is 30.7 Å². The van der Waals surface area contributed by atoms with E-state index in [9.17, 15) is 4.79 Å². The molecule has 0 saturated heterocycles. The highest BCUT2D eigenvalue weighted by atomic mass is 16.1. The van der Waals surface area contributed by atoms with E-state index in [-0.39, 0.29) is 0 Å². The lowest BCUT2D eigenvalue weighted by molar-refractivity contribution is 0.565. The summed E-state index contributed by atoms with van der Waals surface area (Å²) < 4.78 is 0. The third-order valence-electron chi connectivity index (χ3n) is 1.43. The minimum atomic E-state index is 0.590. The van der Waals surface area contributed by atoms with Crippen molar-refractivity contribution in [3.8, 4) is 0 Å². The van der Waals surface area contributed by atoms with Crippen LogP contribution in [0, 0.1) is 6.92 Å². The highest BCUT2D eigenvalue weighted by Gasteiger charge is 1.93. The number of hydrogen-bond acceptors (Lipinski definition) is 3. The predicted molar refractivity (Wildman–Crippen MR) is 43.4 cm³/mol. The quantitative estimate of drug-likeness (QED) is 0.373. The van der Waals surface area contributed by atoms with Gasteiger partial charge in [-0.2, -0.15) is 4.99 Å². The zero-order valence-corrected chi connectivity index (χ0v) is 6.16. The van der Waals surface area contributed by atoms with Gasteiger partial charge in [0.15, 0.2) is 0 Å². The highest BCUT2D eigenvalue weighted by Crippen LogP contribution is 2.18. The molecule has 3 heteroatoms. The van der Waals surface area contributed by atoms with Crippen LogP contribution >= 0.6 is 0 Å². The Morgan fingerprint density at radius 2 is 2.27 bits per heavy atom. The summed E-state index contributed by atoms with van der Waals surface area (Å²) in [5.41, 5.74) is 7.76. The third kappa shape index (κ3) is 1.66. The molecule has 0 atom stereocenters. The molecule has 0 bridgehead atoms. The van der Waals surface area contributed by atoms with Gasteiger partial charge < -0.3 is 5.73 Å². The van der Waals surface area contributed by atoms with Crippen LogP contribution in [0.15, 0.2) is 23.2 Å². The summed E-state index contributed by atoms with van der Waals surface area (Å²) in [6, 6.07) is 5.12. The average molecular weight is 148 g/mol. The first-order chi connectivity index (χ1) is 5.24. The van der Waals surface area contributed by atoms with Crippen molar-refractivity contribution in [2.75, 3.05) is 5.73 Å². The van der Waals surface area contributed by atoms with Crippen molar-refractivity contribution in [3.05, 3.63) is 23.8 Å². The number of hydrogen-bond donors (Lipinski definition) is 1. The summed E-state index contributed by atoms with van der Waals surface area (Å²) in [6.45, 7) is 1.86. The first-order valence-corrected chi connectivity index (χ1v) is 3.18. The fraction of sp³-hybridized carbons (Fsp3) is 0.125. The van der Waals surface area contributed by atoms with E-state index in [4.69, 9.17) is 5.73 Å². The maximum Gasteiger partial charge on any atom is 0.240 e. The fourth-order valence-electron chi connectivity index (χ4n) is 0.782. The molecular weight excluding hydrogens is 140 g/mol. The summed E-state index contributed by atoms with van der Waals surface area (Å²) in [5.74, 6) is 0. The van der Waals surface area contributed by atoms with E-state index < -0.39 is 0 Å². The smallest absolute Gasteiger partial charge is 0.240 e. The second-order valence-corrected chi connectivity index (χ2v) is 2.24. The third-order valence-corrected chi connectivity index (χ3v) is 1.43. The molecule has 0 aliphatic rings. The Bertz CT molecular complexity index is 314. The molecule has 56 valence electrons. The molecular formula is C8H8N2O. The fourth-order valence-corrected chi connectivity index (χ4v) is 0.782. The highest BCUT2D eigenvalue weighted by molar-refractivity contribution is 5.57. The van der Waals surface area contributed by atoms with Gasteiger partial charge in [0.1, 0.15) is 0 Å². The topological polar surface area (TPSA) is 55.5 Å². The van der Waals surface area contributed by atoms with E-state index in [1.54, 1.807) is 18.2 Å². The maximum absolute atomic E-state index is 9.85. The van der Waals surface area contributed by atoms with Crippen LogP contribution in [0.5, 0.6) is 0 Å². The number of nitrogens with zero attached hydrogens (tertiary/aromatic N) is 1. The van der Waals surface area contributed by atoms with Crippen LogP contribution in [0.4, 0.5) is 11.4 Å². The zero-order chi connectivity index (χ0) is 8.27. The molecule has 1 aromatic carbocycles. The summed E-state index contributed by atoms with van der Waals surface area (Å²) in [4.78, 5) is 13.3. The van der Waals surface area contributed by atoms with Crippen LogP contribution in [-0.4, -0.2) is 6.08 Å². The Labute approximate surface area is 64.6 Å². The van der Waals surface area contributed by atoms with E-state index in [0.717, 1.165) is 5.56 Å². The van der Waals surface area contributed by atoms with Crippen LogP contribution in [0.1, 0.15) is 5.56 Å². The minimum absolute atomic E-state index is 0.590. The molecule has 0 amide bonds. The van der Waals surface area contributed by atoms with Crippen molar-refractivity contribution in [2.45, 2.75) is 6.92 Å². The molecule has 0 aromatic heterocycles. The van der Waals surface area contributed by atoms with E-state index in [1.807, 2.05) is 6.92 Å². The molecule has 0 fully saturated rings. The summed E-state index contributed by atoms with van der Waals surface area (Å²) in [6.07, 6.45) is 1.46. The molecule has 11 heavy (non-hydrogen) atoms. The number of benzene rings is 1. The molecule has 0 saturated carbocycles. The zero-order valence-electron chi connectivity index (χ0n) is 6.16. The van der Waals surface area contributed by atoms with Gasteiger partial charge in [-0.1, -0.05) is 0 Å². The largest absolute Gasteiger partial charge is 0.399 e. The van der Waals surface area contributed by atoms with Crippen molar-refractivity contribution < 1.29 is 4.79 Å². The molecule has 0 spiro atoms. The molecule has 0 radical (unpaired) electrons. The molecule has 1 rings (SSSR count). The second-order valence-electron chi connectivity index (χ2n) is 2.24. The first kappa shape index (κ1) is 7.51. The molecule has 0 aliphatic heterocycles. The van der Waals surface area contributed by atoms with Gasteiger partial charge in [0, 0.05) is 5.69 Å². The lowest BCUT2D eigenvalue weighted by Crippen LogP contribution is -1.86. The number of aryl methyl sites for hydroxylation is 1. The van der Waals surface area contributed by atoms with Crippen LogP contribution < -0.4 is 5.73 Å². The Kier molecular flexibility index (Phi) is 2.04. The predicted octanol–water partition coefficient (Wildman–Crippen LogP) is 1.54. The van der Waals surface area contributed by atoms with Gasteiger partial charge in [-0.25, -0.2) is 4.79 Å². The molecule has 0 unspecified atom stereocenters. The second kappa shape index (κ2) is 2.99. The Hall–Kier alpha value is -1.60. The van der Waals surface area contributed by atoms with Crippen molar-refractivity contribution >= 4 is 17.5 Å². The van der Waals surface area contributed by atoms with Crippen molar-refractivity contribution in [2.24, 2.45) is 4.99 Å². The molecule has 0 aliphatic carbocycles. The monoisotopic (exact) mass is 148 g/mol. The normalized spacial score (nSPS) is 8.82. The van der Waals surface area contributed by atoms with Crippen LogP contribution in [-0.2, 0) is 4.79 Å². The van der Waals surface area contributed by atoms with Crippen LogP contribution in [0.25, 0.3) is 0 Å². The Morgan fingerprint density at radius 1 is 1.55 bits per heavy atom. The summed E-state index contributed by atoms with van der Waals surface area (Å²) in [5, 5.41) is 0. The minimum Gasteiger partial charge on any atom is -0.399 e. The standard InChI is InChI=1S/C8H8N2O/c1-6-4-7(10-5-11)2-3-8(6)9/h2-4H,9H2,1H3. The molecule has 0 heterocycles. The summed E-state index contributed by atoms with van der Waals surface area (Å²) >= 11 is 0. The number of aliphatic imine (C=N–C) groups is 1. The first-order valence-electron chi connectivity index (χ1n) is 3.18. The van der Waals surface area contributed by atoms with E-state index in [2.05, 4.69) is 4.99 Å². The Morgan fingerprint density at radius 3 is 2.82 bits per heavy atom. The van der Waals surface area contributed by atoms with Gasteiger partial charge >= 0.3 is 0 Å². The van der Waals surface area contributed by atoms with Crippen molar-refractivity contribution in [1.29, 1.82) is 0 Å². The van der Waals surface area contributed by atoms with Gasteiger partial charge in [0.05, 0.1) is 5.69 Å². The maximum atomic E-state index is 9.85. The van der Waals surface area contributed by atoms with Crippen LogP contribution in [0.3, 0.4) is 0 Å².